The van der Waals surface area contributed by atoms with Crippen molar-refractivity contribution in [2.45, 2.75) is 31.8 Å². The molecule has 1 aliphatic carbocycles. The van der Waals surface area contributed by atoms with Crippen LogP contribution in [0.25, 0.3) is 0 Å². The maximum absolute atomic E-state index is 5.84. The lowest BCUT2D eigenvalue weighted by molar-refractivity contribution is 0.414. The van der Waals surface area contributed by atoms with E-state index in [1.165, 1.54) is 37.1 Å². The normalized spacial score (nSPS) is 26.6. The zero-order valence-electron chi connectivity index (χ0n) is 10.4. The van der Waals surface area contributed by atoms with Gasteiger partial charge in [-0.2, -0.15) is 0 Å². The zero-order valence-corrected chi connectivity index (χ0v) is 10.4. The van der Waals surface area contributed by atoms with Gasteiger partial charge in [0.15, 0.2) is 0 Å². The molecule has 2 atom stereocenters. The monoisotopic (exact) mass is 232 g/mol. The van der Waals surface area contributed by atoms with Crippen LogP contribution in [-0.4, -0.2) is 19.7 Å². The molecule has 2 fully saturated rings. The first-order valence-corrected chi connectivity index (χ1v) is 6.45. The summed E-state index contributed by atoms with van der Waals surface area (Å²) in [6, 6.07) is 6.97. The summed E-state index contributed by atoms with van der Waals surface area (Å²) in [6.45, 7) is 1.80. The van der Waals surface area contributed by atoms with Crippen LogP contribution in [0.1, 0.15) is 24.8 Å². The summed E-state index contributed by atoms with van der Waals surface area (Å²) in [4.78, 5) is 2.54. The van der Waals surface area contributed by atoms with Gasteiger partial charge >= 0.3 is 0 Å². The van der Waals surface area contributed by atoms with Gasteiger partial charge < -0.3 is 15.4 Å². The summed E-state index contributed by atoms with van der Waals surface area (Å²) < 4.78 is 5.33. The lowest BCUT2D eigenvalue weighted by Gasteiger charge is -2.31. The van der Waals surface area contributed by atoms with Crippen LogP contribution in [0.2, 0.25) is 0 Å². The Balaban J connectivity index is 1.95. The molecule has 0 amide bonds. The Bertz CT molecular complexity index is 419. The van der Waals surface area contributed by atoms with E-state index in [-0.39, 0.29) is 0 Å². The second-order valence-corrected chi connectivity index (χ2v) is 5.18. The molecule has 1 heterocycles. The van der Waals surface area contributed by atoms with E-state index in [2.05, 4.69) is 17.0 Å². The summed E-state index contributed by atoms with van der Waals surface area (Å²) in [7, 11) is 1.72. The van der Waals surface area contributed by atoms with Crippen LogP contribution in [0.15, 0.2) is 18.2 Å². The molecule has 3 nitrogen and oxygen atoms in total. The minimum atomic E-state index is 0.604. The fourth-order valence-electron chi connectivity index (χ4n) is 3.33. The number of rotatable bonds is 3. The average molecular weight is 232 g/mol. The van der Waals surface area contributed by atoms with Crippen molar-refractivity contribution in [1.29, 1.82) is 0 Å². The molecule has 3 rings (SSSR count). The predicted molar refractivity (Wildman–Crippen MR) is 69.4 cm³/mol. The van der Waals surface area contributed by atoms with Crippen LogP contribution in [0.4, 0.5) is 5.69 Å². The van der Waals surface area contributed by atoms with Gasteiger partial charge in [-0.25, -0.2) is 0 Å². The number of hydrogen-bond acceptors (Lipinski definition) is 3. The molecule has 2 aliphatic rings. The molecular formula is C14H20N2O. The van der Waals surface area contributed by atoms with Gasteiger partial charge in [-0.3, -0.25) is 0 Å². The second kappa shape index (κ2) is 4.22. The summed E-state index contributed by atoms with van der Waals surface area (Å²) in [5, 5.41) is 0. The fraction of sp³-hybridized carbons (Fsp3) is 0.571. The number of nitrogens with two attached hydrogens (primary N) is 1. The topological polar surface area (TPSA) is 38.5 Å². The molecule has 0 spiro atoms. The first kappa shape index (κ1) is 10.9. The van der Waals surface area contributed by atoms with Crippen molar-refractivity contribution in [1.82, 2.24) is 0 Å². The summed E-state index contributed by atoms with van der Waals surface area (Å²) in [5.74, 6) is 1.83. The Labute approximate surface area is 103 Å². The third-order valence-corrected chi connectivity index (χ3v) is 4.23. The summed E-state index contributed by atoms with van der Waals surface area (Å²) >= 11 is 0. The minimum absolute atomic E-state index is 0.604. The number of benzene rings is 1. The van der Waals surface area contributed by atoms with Crippen molar-refractivity contribution in [2.24, 2.45) is 11.7 Å². The molecule has 1 aromatic carbocycles. The third-order valence-electron chi connectivity index (χ3n) is 4.23. The minimum Gasteiger partial charge on any atom is -0.497 e. The third kappa shape index (κ3) is 1.78. The molecule has 1 aliphatic heterocycles. The van der Waals surface area contributed by atoms with Crippen LogP contribution in [0, 0.1) is 5.92 Å². The lowest BCUT2D eigenvalue weighted by Crippen LogP contribution is -2.32. The molecule has 3 heteroatoms. The molecule has 17 heavy (non-hydrogen) atoms. The predicted octanol–water partition coefficient (Wildman–Crippen LogP) is 2.14. The molecule has 1 saturated heterocycles. The standard InChI is InChI=1S/C14H20N2O/c1-17-13-5-3-11(8-15)14(7-13)16-9-10-2-4-12(16)6-10/h3,5,7,10,12H,2,4,6,8-9,15H2,1H3. The Morgan fingerprint density at radius 3 is 2.88 bits per heavy atom. The Hall–Kier alpha value is -1.22. The van der Waals surface area contributed by atoms with E-state index < -0.39 is 0 Å². The van der Waals surface area contributed by atoms with Gasteiger partial charge in [0, 0.05) is 30.9 Å². The highest BCUT2D eigenvalue weighted by Gasteiger charge is 2.38. The average Bonchev–Trinajstić information content (AvgIpc) is 3.00. The van der Waals surface area contributed by atoms with Crippen molar-refractivity contribution in [3.8, 4) is 5.75 Å². The first-order chi connectivity index (χ1) is 8.31. The van der Waals surface area contributed by atoms with E-state index >= 15 is 0 Å². The molecule has 2 bridgehead atoms. The van der Waals surface area contributed by atoms with Crippen molar-refractivity contribution in [3.63, 3.8) is 0 Å². The van der Waals surface area contributed by atoms with Crippen LogP contribution in [-0.2, 0) is 6.54 Å². The van der Waals surface area contributed by atoms with Gasteiger partial charge in [0.1, 0.15) is 5.75 Å². The number of ether oxygens (including phenoxy) is 1. The summed E-state index contributed by atoms with van der Waals surface area (Å²) in [6.07, 6.45) is 4.11. The highest BCUT2D eigenvalue weighted by Crippen LogP contribution is 2.42. The van der Waals surface area contributed by atoms with Crippen molar-refractivity contribution in [2.75, 3.05) is 18.6 Å². The van der Waals surface area contributed by atoms with Crippen LogP contribution < -0.4 is 15.4 Å². The second-order valence-electron chi connectivity index (χ2n) is 5.18. The van der Waals surface area contributed by atoms with Gasteiger partial charge in [0.05, 0.1) is 7.11 Å². The van der Waals surface area contributed by atoms with E-state index in [4.69, 9.17) is 10.5 Å². The highest BCUT2D eigenvalue weighted by molar-refractivity contribution is 5.59. The largest absolute Gasteiger partial charge is 0.497 e. The Morgan fingerprint density at radius 1 is 1.41 bits per heavy atom. The molecule has 2 N–H and O–H groups in total. The number of fused-ring (bicyclic) bond motifs is 2. The highest BCUT2D eigenvalue weighted by atomic mass is 16.5. The quantitative estimate of drug-likeness (QED) is 0.867. The maximum atomic E-state index is 5.84. The van der Waals surface area contributed by atoms with Gasteiger partial charge in [-0.15, -0.1) is 0 Å². The number of methoxy groups -OCH3 is 1. The smallest absolute Gasteiger partial charge is 0.120 e. The van der Waals surface area contributed by atoms with Gasteiger partial charge in [0.2, 0.25) is 0 Å². The number of hydrogen-bond donors (Lipinski definition) is 1. The zero-order chi connectivity index (χ0) is 11.8. The van der Waals surface area contributed by atoms with E-state index in [1.807, 2.05) is 6.07 Å². The van der Waals surface area contributed by atoms with E-state index in [0.717, 1.165) is 17.7 Å². The van der Waals surface area contributed by atoms with Gasteiger partial charge in [-0.05, 0) is 36.8 Å². The van der Waals surface area contributed by atoms with Crippen molar-refractivity contribution >= 4 is 5.69 Å². The van der Waals surface area contributed by atoms with E-state index in [9.17, 15) is 0 Å². The van der Waals surface area contributed by atoms with E-state index in [0.29, 0.717) is 6.54 Å². The SMILES string of the molecule is COc1ccc(CN)c(N2CC3CCC2C3)c1. The van der Waals surface area contributed by atoms with Crippen molar-refractivity contribution in [3.05, 3.63) is 23.8 Å². The molecule has 0 aromatic heterocycles. The first-order valence-electron chi connectivity index (χ1n) is 6.45. The Morgan fingerprint density at radius 2 is 2.29 bits per heavy atom. The molecule has 2 unspecified atom stereocenters. The van der Waals surface area contributed by atoms with Crippen LogP contribution in [0.3, 0.4) is 0 Å². The lowest BCUT2D eigenvalue weighted by atomic mass is 10.1. The van der Waals surface area contributed by atoms with Crippen LogP contribution >= 0.6 is 0 Å². The van der Waals surface area contributed by atoms with Gasteiger partial charge in [-0.1, -0.05) is 6.07 Å². The van der Waals surface area contributed by atoms with Gasteiger partial charge in [0.25, 0.3) is 0 Å². The van der Waals surface area contributed by atoms with Crippen LogP contribution in [0.5, 0.6) is 5.75 Å². The molecule has 92 valence electrons. The van der Waals surface area contributed by atoms with E-state index in [1.54, 1.807) is 7.11 Å². The van der Waals surface area contributed by atoms with Crippen molar-refractivity contribution < 1.29 is 4.74 Å². The Kier molecular flexibility index (Phi) is 2.71. The molecule has 1 aromatic rings. The maximum Gasteiger partial charge on any atom is 0.120 e. The fourth-order valence-corrected chi connectivity index (χ4v) is 3.33. The number of piperidine rings is 1. The molecule has 0 radical (unpaired) electrons. The summed E-state index contributed by atoms with van der Waals surface area (Å²) in [5.41, 5.74) is 8.37. The number of nitrogens with zero attached hydrogens (tertiary/aromatic N) is 1. The number of anilines is 1. The molecule has 1 saturated carbocycles. The molecular weight excluding hydrogens is 212 g/mol.